The van der Waals surface area contributed by atoms with Crippen LogP contribution in [0.4, 0.5) is 11.4 Å². The zero-order valence-electron chi connectivity index (χ0n) is 24.6. The Morgan fingerprint density at radius 1 is 0.564 bits per heavy atom. The third-order valence-electron chi connectivity index (χ3n) is 6.35. The van der Waals surface area contributed by atoms with Crippen LogP contribution in [-0.2, 0) is 0 Å². The summed E-state index contributed by atoms with van der Waals surface area (Å²) in [5.74, 6) is 1.63. The maximum atomic E-state index is 4.96. The van der Waals surface area contributed by atoms with Crippen LogP contribution in [0.1, 0.15) is 118 Å². The molecule has 0 saturated heterocycles. The summed E-state index contributed by atoms with van der Waals surface area (Å²) in [5.41, 5.74) is 10.1. The topological polar surface area (TPSA) is 37.6 Å². The van der Waals surface area contributed by atoms with Gasteiger partial charge < -0.3 is 37.2 Å². The van der Waals surface area contributed by atoms with Crippen molar-refractivity contribution in [2.45, 2.75) is 86.0 Å². The van der Waals surface area contributed by atoms with Crippen LogP contribution in [0.25, 0.3) is 0 Å². The Hall–Kier alpha value is -0.849. The number of hydrogen-bond donors (Lipinski definition) is 0. The van der Waals surface area contributed by atoms with Gasteiger partial charge in [-0.3, -0.25) is 9.98 Å². The first-order valence-corrected chi connectivity index (χ1v) is 12.9. The molecule has 7 heteroatoms. The third kappa shape index (κ3) is 10.8. The number of nitrogens with zero attached hydrogens (tertiary/aromatic N) is 3. The Morgan fingerprint density at radius 2 is 0.846 bits per heavy atom. The molecule has 1 heterocycles. The molecule has 3 rings (SSSR count). The van der Waals surface area contributed by atoms with Crippen molar-refractivity contribution >= 4 is 23.8 Å². The van der Waals surface area contributed by atoms with Gasteiger partial charge in [0.25, 0.3) is 0 Å². The number of aryl methyl sites for hydroxylation is 1. The molecule has 0 unspecified atom stereocenters. The van der Waals surface area contributed by atoms with Gasteiger partial charge in [-0.25, -0.2) is 4.98 Å². The largest absolute Gasteiger partial charge is 3.00 e. The summed E-state index contributed by atoms with van der Waals surface area (Å²) >= 11 is 0. The smallest absolute Gasteiger partial charge is 1.00 e. The minimum atomic E-state index is 0. The summed E-state index contributed by atoms with van der Waals surface area (Å²) < 4.78 is 0. The molecule has 39 heavy (non-hydrogen) atoms. The van der Waals surface area contributed by atoms with E-state index in [1.807, 2.05) is 12.4 Å². The van der Waals surface area contributed by atoms with Gasteiger partial charge in [-0.2, -0.15) is 0 Å². The van der Waals surface area contributed by atoms with Crippen molar-refractivity contribution in [2.75, 3.05) is 0 Å². The first-order valence-electron chi connectivity index (χ1n) is 12.9. The molecule has 0 fully saturated rings. The summed E-state index contributed by atoms with van der Waals surface area (Å²) in [6.45, 7) is 19.9. The molecular formula is C32H41Cl3N3Nd. The van der Waals surface area contributed by atoms with Crippen LogP contribution in [0.3, 0.4) is 0 Å². The van der Waals surface area contributed by atoms with Gasteiger partial charge in [0.1, 0.15) is 0 Å². The molecule has 0 N–H and O–H groups in total. The van der Waals surface area contributed by atoms with Crippen molar-refractivity contribution in [3.05, 3.63) is 87.7 Å². The molecule has 0 aliphatic carbocycles. The average Bonchev–Trinajstić information content (AvgIpc) is 2.80. The summed E-state index contributed by atoms with van der Waals surface area (Å²) in [6, 6.07) is 17.2. The van der Waals surface area contributed by atoms with Crippen LogP contribution >= 0.6 is 0 Å². The fraction of sp³-hybridized carbons (Fsp3) is 0.406. The molecule has 1 radical (unpaired) electrons. The number of pyridine rings is 1. The standard InChI is InChI=1S/C32H41N3.3ClH.Nd/c1-20(2)27-12-10-13-28(21(3)4)31(27)33-18-25-16-24(9)17-26(35-25)19-34-32-29(22(5)6)14-11-15-30(32)23(7)8;;;;/h10-23H,1-9H3;3*1H;/q;;;;+3/p-3. The molecule has 0 amide bonds. The molecule has 0 saturated carbocycles. The van der Waals surface area contributed by atoms with Gasteiger partial charge in [0, 0.05) is 0 Å². The molecule has 0 atom stereocenters. The molecule has 0 aliphatic heterocycles. The minimum Gasteiger partial charge on any atom is -1.00 e. The molecule has 209 valence electrons. The van der Waals surface area contributed by atoms with Gasteiger partial charge in [0.15, 0.2) is 0 Å². The number of para-hydroxylation sites is 2. The van der Waals surface area contributed by atoms with Crippen molar-refractivity contribution in [3.63, 3.8) is 0 Å². The van der Waals surface area contributed by atoms with Crippen LogP contribution in [0, 0.1) is 47.8 Å². The van der Waals surface area contributed by atoms with Crippen LogP contribution in [0.5, 0.6) is 0 Å². The van der Waals surface area contributed by atoms with E-state index < -0.39 is 0 Å². The Labute approximate surface area is 288 Å². The van der Waals surface area contributed by atoms with Crippen molar-refractivity contribution in [1.29, 1.82) is 0 Å². The summed E-state index contributed by atoms with van der Waals surface area (Å²) in [6.07, 6.45) is 3.80. The van der Waals surface area contributed by atoms with E-state index >= 15 is 0 Å². The summed E-state index contributed by atoms with van der Waals surface area (Å²) in [7, 11) is 0. The second-order valence-corrected chi connectivity index (χ2v) is 10.7. The normalized spacial score (nSPS) is 11.1. The fourth-order valence-corrected chi connectivity index (χ4v) is 4.44. The molecule has 1 aromatic heterocycles. The molecule has 2 aromatic carbocycles. The van der Waals surface area contributed by atoms with E-state index in [0.29, 0.717) is 23.7 Å². The van der Waals surface area contributed by atoms with E-state index in [1.165, 1.54) is 22.3 Å². The Kier molecular flexibility index (Phi) is 19.2. The van der Waals surface area contributed by atoms with Crippen molar-refractivity contribution < 1.29 is 78.1 Å². The zero-order valence-corrected chi connectivity index (χ0v) is 30.0. The molecule has 0 spiro atoms. The molecule has 3 nitrogen and oxygen atoms in total. The number of halogens is 3. The number of rotatable bonds is 8. The Morgan fingerprint density at radius 3 is 1.10 bits per heavy atom. The monoisotopic (exact) mass is 714 g/mol. The van der Waals surface area contributed by atoms with Gasteiger partial charge >= 0.3 is 40.8 Å². The van der Waals surface area contributed by atoms with E-state index in [4.69, 9.17) is 15.0 Å². The van der Waals surface area contributed by atoms with Gasteiger partial charge in [0.05, 0.1) is 35.2 Å². The van der Waals surface area contributed by atoms with Gasteiger partial charge in [-0.05, 0) is 70.5 Å². The molecule has 0 aliphatic rings. The zero-order chi connectivity index (χ0) is 25.7. The molecule has 0 bridgehead atoms. The number of aliphatic imine (C=N–C) groups is 2. The number of aromatic nitrogens is 1. The SMILES string of the molecule is Cc1cc(C=Nc2c(C(C)C)cccc2C(C)C)nc(C=Nc2c(C(C)C)cccc2C(C)C)c1.[Cl-].[Cl-].[Cl-].[Nd+3]. The average molecular weight is 718 g/mol. The number of benzene rings is 2. The van der Waals surface area contributed by atoms with Gasteiger partial charge in [-0.15, -0.1) is 0 Å². The predicted molar refractivity (Wildman–Crippen MR) is 153 cm³/mol. The predicted octanol–water partition coefficient (Wildman–Crippen LogP) is 0.397. The van der Waals surface area contributed by atoms with E-state index in [9.17, 15) is 0 Å². The molecular weight excluding hydrogens is 677 g/mol. The third-order valence-corrected chi connectivity index (χ3v) is 6.35. The first kappa shape index (κ1) is 40.3. The maximum absolute atomic E-state index is 4.96. The van der Waals surface area contributed by atoms with Crippen molar-refractivity contribution in [2.24, 2.45) is 9.98 Å². The summed E-state index contributed by atoms with van der Waals surface area (Å²) in [4.78, 5) is 14.8. The quantitative estimate of drug-likeness (QED) is 0.311. The van der Waals surface area contributed by atoms with Gasteiger partial charge in [-0.1, -0.05) is 91.8 Å². The van der Waals surface area contributed by atoms with Gasteiger partial charge in [0.2, 0.25) is 0 Å². The van der Waals surface area contributed by atoms with Crippen LogP contribution < -0.4 is 37.2 Å². The second kappa shape index (κ2) is 18.6. The second-order valence-electron chi connectivity index (χ2n) is 10.7. The first-order chi connectivity index (χ1) is 16.6. The van der Waals surface area contributed by atoms with E-state index in [2.05, 4.69) is 111 Å². The van der Waals surface area contributed by atoms with Crippen LogP contribution in [-0.4, -0.2) is 17.4 Å². The van der Waals surface area contributed by atoms with E-state index in [-0.39, 0.29) is 78.1 Å². The van der Waals surface area contributed by atoms with E-state index in [1.54, 1.807) is 0 Å². The van der Waals surface area contributed by atoms with Crippen molar-refractivity contribution in [1.82, 2.24) is 4.98 Å². The van der Waals surface area contributed by atoms with Crippen LogP contribution in [0.15, 0.2) is 58.5 Å². The van der Waals surface area contributed by atoms with Crippen molar-refractivity contribution in [3.8, 4) is 0 Å². The summed E-state index contributed by atoms with van der Waals surface area (Å²) in [5, 5.41) is 0. The van der Waals surface area contributed by atoms with Crippen LogP contribution in [0.2, 0.25) is 0 Å². The fourth-order valence-electron chi connectivity index (χ4n) is 4.44. The Bertz CT molecular complexity index is 1090. The maximum Gasteiger partial charge on any atom is 3.00 e. The number of hydrogen-bond acceptors (Lipinski definition) is 3. The molecule has 3 aromatic rings. The minimum absolute atomic E-state index is 0. The Balaban J connectivity index is 0. The van der Waals surface area contributed by atoms with E-state index in [0.717, 1.165) is 28.3 Å².